The van der Waals surface area contributed by atoms with Crippen LogP contribution in [0.15, 0.2) is 119 Å². The lowest BCUT2D eigenvalue weighted by molar-refractivity contribution is -0.384. The first-order valence-electron chi connectivity index (χ1n) is 14.0. The van der Waals surface area contributed by atoms with Gasteiger partial charge in [-0.2, -0.15) is 0 Å². The van der Waals surface area contributed by atoms with E-state index < -0.39 is 16.7 Å². The molecule has 0 unspecified atom stereocenters. The Balaban J connectivity index is 1.22. The molecule has 11 nitrogen and oxygen atoms in total. The van der Waals surface area contributed by atoms with Crippen molar-refractivity contribution in [1.29, 1.82) is 0 Å². The summed E-state index contributed by atoms with van der Waals surface area (Å²) in [4.78, 5) is 54.7. The third kappa shape index (κ3) is 9.12. The number of non-ortho nitro benzene ring substituents is 1. The number of methoxy groups -OCH3 is 1. The molecule has 4 aromatic carbocycles. The summed E-state index contributed by atoms with van der Waals surface area (Å²) in [5, 5.41) is 21.5. The molecule has 236 valence electrons. The molecule has 5 rings (SSSR count). The van der Waals surface area contributed by atoms with Crippen molar-refractivity contribution in [2.45, 2.75) is 4.90 Å². The summed E-state index contributed by atoms with van der Waals surface area (Å²) >= 11 is 2.48. The lowest BCUT2D eigenvalue weighted by atomic mass is 10.1. The largest absolute Gasteiger partial charge is 0.497 e. The summed E-state index contributed by atoms with van der Waals surface area (Å²) in [5.41, 5.74) is 2.63. The molecule has 0 bridgehead atoms. The number of thiazole rings is 1. The van der Waals surface area contributed by atoms with Crippen LogP contribution in [-0.2, 0) is 9.59 Å². The number of ether oxygens (including phenoxy) is 1. The quantitative estimate of drug-likeness (QED) is 0.0565. The second-order valence-electron chi connectivity index (χ2n) is 9.82. The van der Waals surface area contributed by atoms with Gasteiger partial charge in [-0.05, 0) is 54.1 Å². The fourth-order valence-electron chi connectivity index (χ4n) is 4.22. The molecule has 0 radical (unpaired) electrons. The molecule has 13 heteroatoms. The summed E-state index contributed by atoms with van der Waals surface area (Å²) in [6.07, 6.45) is 1.57. The number of nitrogens with one attached hydrogen (secondary N) is 3. The Kier molecular flexibility index (Phi) is 10.7. The maximum Gasteiger partial charge on any atom is 0.272 e. The maximum absolute atomic E-state index is 13.4. The van der Waals surface area contributed by atoms with Gasteiger partial charge in [-0.1, -0.05) is 48.5 Å². The third-order valence-electron chi connectivity index (χ3n) is 6.52. The van der Waals surface area contributed by atoms with Gasteiger partial charge in [0.25, 0.3) is 17.5 Å². The van der Waals surface area contributed by atoms with Crippen molar-refractivity contribution in [3.8, 4) is 17.0 Å². The van der Waals surface area contributed by atoms with Crippen molar-refractivity contribution >= 4 is 63.4 Å². The highest BCUT2D eigenvalue weighted by atomic mass is 32.2. The molecule has 3 amide bonds. The van der Waals surface area contributed by atoms with Gasteiger partial charge in [-0.25, -0.2) is 4.98 Å². The number of nitro groups is 1. The van der Waals surface area contributed by atoms with Gasteiger partial charge in [0, 0.05) is 39.2 Å². The van der Waals surface area contributed by atoms with Gasteiger partial charge in [0.15, 0.2) is 5.13 Å². The number of rotatable bonds is 12. The smallest absolute Gasteiger partial charge is 0.272 e. The topological polar surface area (TPSA) is 153 Å². The van der Waals surface area contributed by atoms with Crippen LogP contribution in [0.2, 0.25) is 0 Å². The molecule has 1 heterocycles. The molecule has 0 atom stereocenters. The molecule has 0 aliphatic rings. The fraction of sp³-hybridized carbons (Fsp3) is 0.0588. The van der Waals surface area contributed by atoms with Gasteiger partial charge < -0.3 is 20.7 Å². The van der Waals surface area contributed by atoms with Crippen LogP contribution in [0.3, 0.4) is 0 Å². The van der Waals surface area contributed by atoms with Crippen LogP contribution >= 0.6 is 23.1 Å². The minimum absolute atomic E-state index is 0.0365. The second kappa shape index (κ2) is 15.5. The van der Waals surface area contributed by atoms with Crippen LogP contribution in [0, 0.1) is 10.1 Å². The average molecular weight is 666 g/mol. The number of nitro benzene ring substituents is 1. The Labute approximate surface area is 277 Å². The minimum Gasteiger partial charge on any atom is -0.497 e. The zero-order valence-corrected chi connectivity index (χ0v) is 26.5. The van der Waals surface area contributed by atoms with E-state index in [1.54, 1.807) is 103 Å². The predicted octanol–water partition coefficient (Wildman–Crippen LogP) is 6.87. The van der Waals surface area contributed by atoms with Crippen molar-refractivity contribution in [2.75, 3.05) is 23.5 Å². The monoisotopic (exact) mass is 665 g/mol. The highest BCUT2D eigenvalue weighted by Gasteiger charge is 2.16. The average Bonchev–Trinajstić information content (AvgIpc) is 3.56. The van der Waals surface area contributed by atoms with E-state index in [-0.39, 0.29) is 23.0 Å². The normalized spacial score (nSPS) is 11.0. The van der Waals surface area contributed by atoms with Gasteiger partial charge in [0.2, 0.25) is 5.91 Å². The van der Waals surface area contributed by atoms with E-state index in [2.05, 4.69) is 20.9 Å². The number of hydrogen-bond acceptors (Lipinski definition) is 9. The first kappa shape index (κ1) is 32.6. The maximum atomic E-state index is 13.4. The summed E-state index contributed by atoms with van der Waals surface area (Å²) in [7, 11) is 1.56. The number of hydrogen-bond donors (Lipinski definition) is 3. The van der Waals surface area contributed by atoms with Crippen molar-refractivity contribution < 1.29 is 24.0 Å². The summed E-state index contributed by atoms with van der Waals surface area (Å²) < 4.78 is 5.21. The molecule has 0 saturated carbocycles. The van der Waals surface area contributed by atoms with Crippen LogP contribution in [0.1, 0.15) is 15.9 Å². The van der Waals surface area contributed by atoms with E-state index >= 15 is 0 Å². The van der Waals surface area contributed by atoms with E-state index in [0.717, 1.165) is 4.90 Å². The molecular weight excluding hydrogens is 639 g/mol. The summed E-state index contributed by atoms with van der Waals surface area (Å²) in [6.45, 7) is 0. The number of anilines is 2. The predicted molar refractivity (Wildman–Crippen MR) is 184 cm³/mol. The number of carbonyl (C=O) groups is 3. The van der Waals surface area contributed by atoms with Gasteiger partial charge >= 0.3 is 0 Å². The van der Waals surface area contributed by atoms with E-state index in [4.69, 9.17) is 4.74 Å². The van der Waals surface area contributed by atoms with Gasteiger partial charge in [0.05, 0.1) is 23.5 Å². The first-order chi connectivity index (χ1) is 22.8. The van der Waals surface area contributed by atoms with Crippen molar-refractivity contribution in [3.63, 3.8) is 0 Å². The second-order valence-corrected chi connectivity index (χ2v) is 11.7. The molecule has 0 saturated heterocycles. The van der Waals surface area contributed by atoms with Crippen LogP contribution in [0.25, 0.3) is 17.3 Å². The Morgan fingerprint density at radius 3 is 2.45 bits per heavy atom. The lowest BCUT2D eigenvalue weighted by Crippen LogP contribution is -2.30. The van der Waals surface area contributed by atoms with Crippen LogP contribution in [0.5, 0.6) is 5.75 Å². The number of aromatic nitrogens is 1. The molecule has 47 heavy (non-hydrogen) atoms. The van der Waals surface area contributed by atoms with Gasteiger partial charge in [-0.3, -0.25) is 24.5 Å². The number of benzene rings is 4. The molecule has 0 spiro atoms. The standard InChI is InChI=1S/C34H27N5O6S2/c1-45-27-15-13-22(14-16-27)17-29(36-32(41)23-7-3-2-4-8-23)33(42)35-25-10-6-12-28(19-25)46-21-31(40)38-34-37-30(20-47-34)24-9-5-11-26(18-24)39(43)44/h2-20H,21H2,1H3,(H,35,42)(H,36,41)(H,37,38,40)/b29-17+. The molecule has 0 fully saturated rings. The Morgan fingerprint density at radius 1 is 0.936 bits per heavy atom. The van der Waals surface area contributed by atoms with Gasteiger partial charge in [-0.15, -0.1) is 23.1 Å². The zero-order valence-electron chi connectivity index (χ0n) is 24.8. The van der Waals surface area contributed by atoms with Crippen molar-refractivity contribution in [2.24, 2.45) is 0 Å². The number of thioether (sulfide) groups is 1. The van der Waals surface area contributed by atoms with E-state index in [1.807, 2.05) is 6.07 Å². The highest BCUT2D eigenvalue weighted by molar-refractivity contribution is 8.00. The van der Waals surface area contributed by atoms with E-state index in [1.165, 1.54) is 35.2 Å². The molecule has 0 aliphatic carbocycles. The van der Waals surface area contributed by atoms with Crippen molar-refractivity contribution in [1.82, 2.24) is 10.3 Å². The Morgan fingerprint density at radius 2 is 1.70 bits per heavy atom. The number of amides is 3. The van der Waals surface area contributed by atoms with E-state index in [9.17, 15) is 24.5 Å². The Hall–Kier alpha value is -5.79. The van der Waals surface area contributed by atoms with Crippen LogP contribution in [0.4, 0.5) is 16.5 Å². The fourth-order valence-corrected chi connectivity index (χ4v) is 5.71. The molecule has 0 aliphatic heterocycles. The zero-order chi connectivity index (χ0) is 33.2. The first-order valence-corrected chi connectivity index (χ1v) is 15.9. The molecule has 1 aromatic heterocycles. The highest BCUT2D eigenvalue weighted by Crippen LogP contribution is 2.28. The molecule has 3 N–H and O–H groups in total. The lowest BCUT2D eigenvalue weighted by Gasteiger charge is -2.12. The molecule has 5 aromatic rings. The van der Waals surface area contributed by atoms with Gasteiger partial charge in [0.1, 0.15) is 11.4 Å². The minimum atomic E-state index is -0.534. The SMILES string of the molecule is COc1ccc(/C=C(/NC(=O)c2ccccc2)C(=O)Nc2cccc(SCC(=O)Nc3nc(-c4cccc([N+](=O)[O-])c4)cs3)c2)cc1. The molecular formula is C34H27N5O6S2. The number of carbonyl (C=O) groups excluding carboxylic acids is 3. The number of nitrogens with zero attached hydrogens (tertiary/aromatic N) is 2. The van der Waals surface area contributed by atoms with Crippen molar-refractivity contribution in [3.05, 3.63) is 135 Å². The summed E-state index contributed by atoms with van der Waals surface area (Å²) in [5.74, 6) is -0.542. The van der Waals surface area contributed by atoms with Crippen LogP contribution in [-0.4, -0.2) is 40.5 Å². The third-order valence-corrected chi connectivity index (χ3v) is 8.27. The summed E-state index contributed by atoms with van der Waals surface area (Å²) in [6, 6.07) is 28.7. The van der Waals surface area contributed by atoms with Crippen LogP contribution < -0.4 is 20.7 Å². The Bertz CT molecular complexity index is 1940. The van der Waals surface area contributed by atoms with E-state index in [0.29, 0.717) is 39.0 Å².